The molecule has 0 saturated heterocycles. The van der Waals surface area contributed by atoms with E-state index in [4.69, 9.17) is 0 Å². The molecule has 0 saturated carbocycles. The van der Waals surface area contributed by atoms with Crippen LogP contribution in [0.15, 0.2) is 0 Å². The average Bonchev–Trinajstić information content (AvgIpc) is 2.17. The number of carbonyl (C=O) groups is 1. The summed E-state index contributed by atoms with van der Waals surface area (Å²) in [5.74, 6) is 0.179. The van der Waals surface area contributed by atoms with E-state index < -0.39 is 0 Å². The molecule has 0 rings (SSSR count). The van der Waals surface area contributed by atoms with Crippen LogP contribution in [0.4, 0.5) is 0 Å². The molecular weight excluding hydrogens is 202 g/mol. The van der Waals surface area contributed by atoms with E-state index in [9.17, 15) is 4.79 Å². The molecule has 16 heavy (non-hydrogen) atoms. The van der Waals surface area contributed by atoms with Crippen LogP contribution in [0.5, 0.6) is 0 Å². The Morgan fingerprint density at radius 1 is 1.25 bits per heavy atom. The standard InChI is InChI=1S/C12H27N3O/c1-6-8-15(9-7-13-11(2)3)10-12(16)14(4)5/h11,13H,6-10H2,1-5H3. The number of carbonyl (C=O) groups excluding carboxylic acids is 1. The second-order valence-electron chi connectivity index (χ2n) is 4.67. The molecule has 0 aromatic rings. The summed E-state index contributed by atoms with van der Waals surface area (Å²) in [6.07, 6.45) is 1.09. The van der Waals surface area contributed by atoms with Gasteiger partial charge in [0.05, 0.1) is 6.54 Å². The molecule has 0 heterocycles. The Kier molecular flexibility index (Phi) is 8.21. The van der Waals surface area contributed by atoms with Gasteiger partial charge in [-0.2, -0.15) is 0 Å². The highest BCUT2D eigenvalue weighted by Crippen LogP contribution is 1.93. The van der Waals surface area contributed by atoms with Crippen molar-refractivity contribution in [2.75, 3.05) is 40.3 Å². The van der Waals surface area contributed by atoms with Gasteiger partial charge in [0.2, 0.25) is 5.91 Å². The molecular formula is C12H27N3O. The van der Waals surface area contributed by atoms with Gasteiger partial charge in [0.1, 0.15) is 0 Å². The van der Waals surface area contributed by atoms with Crippen molar-refractivity contribution in [1.82, 2.24) is 15.1 Å². The second kappa shape index (κ2) is 8.53. The highest BCUT2D eigenvalue weighted by Gasteiger charge is 2.11. The fourth-order valence-corrected chi connectivity index (χ4v) is 1.43. The third-order valence-electron chi connectivity index (χ3n) is 2.38. The summed E-state index contributed by atoms with van der Waals surface area (Å²) in [4.78, 5) is 15.4. The van der Waals surface area contributed by atoms with Crippen LogP contribution in [-0.2, 0) is 4.79 Å². The molecule has 0 aromatic carbocycles. The number of hydrogen-bond acceptors (Lipinski definition) is 3. The quantitative estimate of drug-likeness (QED) is 0.668. The summed E-state index contributed by atoms with van der Waals surface area (Å²) in [5.41, 5.74) is 0. The smallest absolute Gasteiger partial charge is 0.236 e. The zero-order chi connectivity index (χ0) is 12.6. The first kappa shape index (κ1) is 15.4. The molecule has 0 aliphatic carbocycles. The Bertz CT molecular complexity index is 193. The molecule has 1 amide bonds. The predicted molar refractivity (Wildman–Crippen MR) is 68.6 cm³/mol. The minimum absolute atomic E-state index is 0.179. The summed E-state index contributed by atoms with van der Waals surface area (Å²) >= 11 is 0. The van der Waals surface area contributed by atoms with Crippen LogP contribution in [0.3, 0.4) is 0 Å². The van der Waals surface area contributed by atoms with Gasteiger partial charge in [-0.15, -0.1) is 0 Å². The number of amides is 1. The topological polar surface area (TPSA) is 35.6 Å². The van der Waals surface area contributed by atoms with E-state index in [0.717, 1.165) is 26.1 Å². The van der Waals surface area contributed by atoms with Crippen LogP contribution in [0.25, 0.3) is 0 Å². The van der Waals surface area contributed by atoms with Crippen molar-refractivity contribution in [1.29, 1.82) is 0 Å². The summed E-state index contributed by atoms with van der Waals surface area (Å²) in [6.45, 7) is 9.80. The molecule has 0 radical (unpaired) electrons. The Hall–Kier alpha value is -0.610. The lowest BCUT2D eigenvalue weighted by Crippen LogP contribution is -2.41. The number of likely N-dealkylation sites (N-methyl/N-ethyl adjacent to an activating group) is 1. The number of nitrogens with one attached hydrogen (secondary N) is 1. The molecule has 0 fully saturated rings. The summed E-state index contributed by atoms with van der Waals surface area (Å²) in [7, 11) is 3.61. The average molecular weight is 229 g/mol. The van der Waals surface area contributed by atoms with Gasteiger partial charge in [-0.25, -0.2) is 0 Å². The maximum Gasteiger partial charge on any atom is 0.236 e. The summed E-state index contributed by atoms with van der Waals surface area (Å²) in [5, 5.41) is 3.37. The highest BCUT2D eigenvalue weighted by atomic mass is 16.2. The summed E-state index contributed by atoms with van der Waals surface area (Å²) in [6, 6.07) is 0.507. The van der Waals surface area contributed by atoms with Gasteiger partial charge in [-0.05, 0) is 13.0 Å². The molecule has 0 aliphatic heterocycles. The van der Waals surface area contributed by atoms with Crippen molar-refractivity contribution >= 4 is 5.91 Å². The van der Waals surface area contributed by atoms with Crippen LogP contribution >= 0.6 is 0 Å². The monoisotopic (exact) mass is 229 g/mol. The Morgan fingerprint density at radius 3 is 2.31 bits per heavy atom. The zero-order valence-electron chi connectivity index (χ0n) is 11.4. The van der Waals surface area contributed by atoms with Crippen molar-refractivity contribution in [3.8, 4) is 0 Å². The largest absolute Gasteiger partial charge is 0.348 e. The number of rotatable bonds is 8. The Morgan fingerprint density at radius 2 is 1.88 bits per heavy atom. The SMILES string of the molecule is CCCN(CCNC(C)C)CC(=O)N(C)C. The fourth-order valence-electron chi connectivity index (χ4n) is 1.43. The number of hydrogen-bond donors (Lipinski definition) is 1. The van der Waals surface area contributed by atoms with Gasteiger partial charge in [0.25, 0.3) is 0 Å². The molecule has 0 atom stereocenters. The van der Waals surface area contributed by atoms with E-state index in [1.807, 2.05) is 0 Å². The summed E-state index contributed by atoms with van der Waals surface area (Å²) < 4.78 is 0. The molecule has 0 bridgehead atoms. The predicted octanol–water partition coefficient (Wildman–Crippen LogP) is 0.785. The molecule has 96 valence electrons. The van der Waals surface area contributed by atoms with E-state index >= 15 is 0 Å². The zero-order valence-corrected chi connectivity index (χ0v) is 11.4. The molecule has 1 N–H and O–H groups in total. The minimum Gasteiger partial charge on any atom is -0.348 e. The van der Waals surface area contributed by atoms with Crippen LogP contribution in [0, 0.1) is 0 Å². The van der Waals surface area contributed by atoms with Crippen LogP contribution < -0.4 is 5.32 Å². The van der Waals surface area contributed by atoms with E-state index in [2.05, 4.69) is 31.0 Å². The highest BCUT2D eigenvalue weighted by molar-refractivity contribution is 5.77. The first-order valence-electron chi connectivity index (χ1n) is 6.13. The first-order valence-corrected chi connectivity index (χ1v) is 6.13. The fraction of sp³-hybridized carbons (Fsp3) is 0.917. The lowest BCUT2D eigenvalue weighted by atomic mass is 10.3. The minimum atomic E-state index is 0.179. The molecule has 0 spiro atoms. The van der Waals surface area contributed by atoms with Crippen molar-refractivity contribution in [2.24, 2.45) is 0 Å². The lowest BCUT2D eigenvalue weighted by Gasteiger charge is -2.23. The molecule has 0 unspecified atom stereocenters. The van der Waals surface area contributed by atoms with Gasteiger partial charge in [-0.3, -0.25) is 9.69 Å². The third kappa shape index (κ3) is 7.65. The maximum atomic E-state index is 11.6. The van der Waals surface area contributed by atoms with Gasteiger partial charge in [-0.1, -0.05) is 20.8 Å². The molecule has 4 nitrogen and oxygen atoms in total. The van der Waals surface area contributed by atoms with E-state index in [-0.39, 0.29) is 5.91 Å². The van der Waals surface area contributed by atoms with Crippen LogP contribution in [0.1, 0.15) is 27.2 Å². The second-order valence-corrected chi connectivity index (χ2v) is 4.67. The van der Waals surface area contributed by atoms with Crippen LogP contribution in [0.2, 0.25) is 0 Å². The van der Waals surface area contributed by atoms with E-state index in [0.29, 0.717) is 12.6 Å². The van der Waals surface area contributed by atoms with Gasteiger partial charge >= 0.3 is 0 Å². The van der Waals surface area contributed by atoms with Gasteiger partial charge < -0.3 is 10.2 Å². The van der Waals surface area contributed by atoms with Crippen molar-refractivity contribution in [2.45, 2.75) is 33.2 Å². The normalized spacial score (nSPS) is 11.2. The van der Waals surface area contributed by atoms with Crippen LogP contribution in [-0.4, -0.2) is 62.0 Å². The lowest BCUT2D eigenvalue weighted by molar-refractivity contribution is -0.129. The Balaban J connectivity index is 3.92. The molecule has 0 aromatic heterocycles. The molecule has 4 heteroatoms. The first-order chi connectivity index (χ1) is 7.47. The van der Waals surface area contributed by atoms with Gasteiger partial charge in [0.15, 0.2) is 0 Å². The third-order valence-corrected chi connectivity index (χ3v) is 2.38. The maximum absolute atomic E-state index is 11.6. The molecule has 0 aliphatic rings. The van der Waals surface area contributed by atoms with Crippen molar-refractivity contribution in [3.05, 3.63) is 0 Å². The van der Waals surface area contributed by atoms with Gasteiger partial charge in [0, 0.05) is 33.2 Å². The van der Waals surface area contributed by atoms with Crippen molar-refractivity contribution in [3.63, 3.8) is 0 Å². The number of nitrogens with zero attached hydrogens (tertiary/aromatic N) is 2. The Labute approximate surface area is 100.0 Å². The van der Waals surface area contributed by atoms with E-state index in [1.165, 1.54) is 0 Å². The van der Waals surface area contributed by atoms with E-state index in [1.54, 1.807) is 19.0 Å². The van der Waals surface area contributed by atoms with Crippen molar-refractivity contribution < 1.29 is 4.79 Å².